The molecule has 80 valence electrons. The van der Waals surface area contributed by atoms with E-state index in [1.54, 1.807) is 0 Å². The highest BCUT2D eigenvalue weighted by atomic mass is 16.3. The van der Waals surface area contributed by atoms with E-state index < -0.39 is 0 Å². The number of hydrogen-bond donors (Lipinski definition) is 1. The van der Waals surface area contributed by atoms with Gasteiger partial charge in [0.25, 0.3) is 0 Å². The van der Waals surface area contributed by atoms with Crippen molar-refractivity contribution in [2.75, 3.05) is 0 Å². The Morgan fingerprint density at radius 1 is 0.765 bits per heavy atom. The van der Waals surface area contributed by atoms with E-state index in [1.807, 2.05) is 48.5 Å². The summed E-state index contributed by atoms with van der Waals surface area (Å²) >= 11 is 0. The number of aromatic hydroxyl groups is 1. The highest BCUT2D eigenvalue weighted by Gasteiger charge is 2.10. The molecule has 0 heterocycles. The molecule has 17 heavy (non-hydrogen) atoms. The van der Waals surface area contributed by atoms with Crippen LogP contribution in [0.1, 0.15) is 5.56 Å². The van der Waals surface area contributed by atoms with Crippen LogP contribution in [0.2, 0.25) is 0 Å². The van der Waals surface area contributed by atoms with Crippen LogP contribution in [0, 0.1) is 12.3 Å². The maximum atomic E-state index is 10.3. The smallest absolute Gasteiger partial charge is 0.131 e. The first-order valence-electron chi connectivity index (χ1n) is 5.42. The molecule has 0 radical (unpaired) electrons. The average molecular weight is 218 g/mol. The minimum absolute atomic E-state index is 0.301. The summed E-state index contributed by atoms with van der Waals surface area (Å²) in [5.74, 6) is 3.03. The Bertz CT molecular complexity index is 706. The van der Waals surface area contributed by atoms with Crippen LogP contribution in [0.25, 0.3) is 21.5 Å². The third kappa shape index (κ3) is 1.28. The number of terminal acetylenes is 1. The standard InChI is InChI=1S/C16H10O/c1-2-11-12-7-3-5-9-14(12)16(17)15-10-6-4-8-13(11)15/h1,3-10,17H. The minimum Gasteiger partial charge on any atom is -0.507 e. The summed E-state index contributed by atoms with van der Waals surface area (Å²) in [5, 5.41) is 13.7. The molecule has 1 heteroatoms. The Morgan fingerprint density at radius 3 is 1.59 bits per heavy atom. The molecule has 0 aliphatic carbocycles. The van der Waals surface area contributed by atoms with Crippen molar-refractivity contribution in [2.45, 2.75) is 0 Å². The molecular formula is C16H10O. The van der Waals surface area contributed by atoms with Gasteiger partial charge in [-0.3, -0.25) is 0 Å². The number of phenols is 1. The minimum atomic E-state index is 0.301. The maximum absolute atomic E-state index is 10.3. The number of rotatable bonds is 0. The first kappa shape index (κ1) is 9.74. The van der Waals surface area contributed by atoms with Crippen LogP contribution in [0.3, 0.4) is 0 Å². The van der Waals surface area contributed by atoms with E-state index in [-0.39, 0.29) is 0 Å². The van der Waals surface area contributed by atoms with Crippen LogP contribution in [-0.4, -0.2) is 5.11 Å². The van der Waals surface area contributed by atoms with Gasteiger partial charge in [-0.15, -0.1) is 6.42 Å². The molecule has 0 amide bonds. The Hall–Kier alpha value is -2.46. The molecule has 0 fully saturated rings. The van der Waals surface area contributed by atoms with Gasteiger partial charge in [0.1, 0.15) is 5.75 Å². The fraction of sp³-hybridized carbons (Fsp3) is 0. The van der Waals surface area contributed by atoms with E-state index in [0.717, 1.165) is 27.1 Å². The van der Waals surface area contributed by atoms with Crippen molar-refractivity contribution in [1.29, 1.82) is 0 Å². The van der Waals surface area contributed by atoms with Crippen molar-refractivity contribution in [3.8, 4) is 18.1 Å². The molecule has 3 aromatic carbocycles. The van der Waals surface area contributed by atoms with Crippen molar-refractivity contribution in [1.82, 2.24) is 0 Å². The second-order valence-electron chi connectivity index (χ2n) is 3.96. The SMILES string of the molecule is C#Cc1c2ccccc2c(O)c2ccccc12. The summed E-state index contributed by atoms with van der Waals surface area (Å²) in [6.45, 7) is 0. The normalized spacial score (nSPS) is 10.5. The lowest BCUT2D eigenvalue weighted by Gasteiger charge is -2.09. The number of benzene rings is 3. The highest BCUT2D eigenvalue weighted by molar-refractivity contribution is 6.09. The number of fused-ring (bicyclic) bond motifs is 2. The van der Waals surface area contributed by atoms with Gasteiger partial charge in [0.15, 0.2) is 0 Å². The molecule has 0 unspecified atom stereocenters. The summed E-state index contributed by atoms with van der Waals surface area (Å²) in [5.41, 5.74) is 0.842. The van der Waals surface area contributed by atoms with Crippen molar-refractivity contribution < 1.29 is 5.11 Å². The van der Waals surface area contributed by atoms with Crippen LogP contribution in [-0.2, 0) is 0 Å². The lowest BCUT2D eigenvalue weighted by Crippen LogP contribution is -1.85. The van der Waals surface area contributed by atoms with E-state index in [2.05, 4.69) is 5.92 Å². The quantitative estimate of drug-likeness (QED) is 0.451. The fourth-order valence-corrected chi connectivity index (χ4v) is 2.26. The lowest BCUT2D eigenvalue weighted by atomic mass is 9.96. The van der Waals surface area contributed by atoms with Crippen LogP contribution >= 0.6 is 0 Å². The van der Waals surface area contributed by atoms with E-state index in [4.69, 9.17) is 6.42 Å². The van der Waals surface area contributed by atoms with Crippen LogP contribution in [0.15, 0.2) is 48.5 Å². The van der Waals surface area contributed by atoms with Gasteiger partial charge >= 0.3 is 0 Å². The Balaban J connectivity index is 2.70. The molecule has 0 saturated heterocycles. The van der Waals surface area contributed by atoms with E-state index in [1.165, 1.54) is 0 Å². The highest BCUT2D eigenvalue weighted by Crippen LogP contribution is 2.36. The zero-order chi connectivity index (χ0) is 11.8. The van der Waals surface area contributed by atoms with E-state index >= 15 is 0 Å². The molecule has 1 nitrogen and oxygen atoms in total. The van der Waals surface area contributed by atoms with E-state index in [0.29, 0.717) is 5.75 Å². The third-order valence-electron chi connectivity index (χ3n) is 3.05. The summed E-state index contributed by atoms with van der Waals surface area (Å²) in [6.07, 6.45) is 5.60. The van der Waals surface area contributed by atoms with Crippen LogP contribution in [0.4, 0.5) is 0 Å². The molecule has 0 bridgehead atoms. The van der Waals surface area contributed by atoms with Gasteiger partial charge in [-0.05, 0) is 0 Å². The molecule has 0 aliphatic heterocycles. The average Bonchev–Trinajstić information content (AvgIpc) is 2.40. The summed E-state index contributed by atoms with van der Waals surface area (Å²) in [4.78, 5) is 0. The molecule has 0 saturated carbocycles. The van der Waals surface area contributed by atoms with Crippen molar-refractivity contribution >= 4 is 21.5 Å². The van der Waals surface area contributed by atoms with Gasteiger partial charge in [0.05, 0.1) is 0 Å². The summed E-state index contributed by atoms with van der Waals surface area (Å²) < 4.78 is 0. The fourth-order valence-electron chi connectivity index (χ4n) is 2.26. The first-order chi connectivity index (χ1) is 8.33. The second kappa shape index (κ2) is 3.54. The maximum Gasteiger partial charge on any atom is 0.131 e. The van der Waals surface area contributed by atoms with Crippen molar-refractivity contribution in [2.24, 2.45) is 0 Å². The summed E-state index contributed by atoms with van der Waals surface area (Å²) in [7, 11) is 0. The molecule has 3 aromatic rings. The van der Waals surface area contributed by atoms with Crippen molar-refractivity contribution in [3.63, 3.8) is 0 Å². The monoisotopic (exact) mass is 218 g/mol. The molecule has 0 atom stereocenters. The second-order valence-corrected chi connectivity index (χ2v) is 3.96. The largest absolute Gasteiger partial charge is 0.507 e. The summed E-state index contributed by atoms with van der Waals surface area (Å²) in [6, 6.07) is 15.3. The number of hydrogen-bond acceptors (Lipinski definition) is 1. The van der Waals surface area contributed by atoms with Gasteiger partial charge in [0.2, 0.25) is 0 Å². The zero-order valence-corrected chi connectivity index (χ0v) is 9.14. The Kier molecular flexibility index (Phi) is 2.03. The van der Waals surface area contributed by atoms with Crippen molar-refractivity contribution in [3.05, 3.63) is 54.1 Å². The Morgan fingerprint density at radius 2 is 1.18 bits per heavy atom. The molecule has 0 aliphatic rings. The first-order valence-corrected chi connectivity index (χ1v) is 5.42. The number of phenolic OH excluding ortho intramolecular Hbond substituents is 1. The van der Waals surface area contributed by atoms with Gasteiger partial charge in [0, 0.05) is 27.1 Å². The van der Waals surface area contributed by atoms with Gasteiger partial charge in [-0.1, -0.05) is 54.5 Å². The molecule has 0 aromatic heterocycles. The lowest BCUT2D eigenvalue weighted by molar-refractivity contribution is 0.488. The van der Waals surface area contributed by atoms with Gasteiger partial charge in [-0.25, -0.2) is 0 Å². The molecule has 1 N–H and O–H groups in total. The molecule has 3 rings (SSSR count). The Labute approximate surface area is 99.3 Å². The topological polar surface area (TPSA) is 20.2 Å². The van der Waals surface area contributed by atoms with E-state index in [9.17, 15) is 5.11 Å². The van der Waals surface area contributed by atoms with Crippen LogP contribution in [0.5, 0.6) is 5.75 Å². The zero-order valence-electron chi connectivity index (χ0n) is 9.14. The molecular weight excluding hydrogens is 208 g/mol. The molecule has 0 spiro atoms. The predicted octanol–water partition coefficient (Wildman–Crippen LogP) is 3.68. The van der Waals surface area contributed by atoms with Gasteiger partial charge in [-0.2, -0.15) is 0 Å². The van der Waals surface area contributed by atoms with Crippen LogP contribution < -0.4 is 0 Å². The van der Waals surface area contributed by atoms with Gasteiger partial charge < -0.3 is 5.11 Å². The third-order valence-corrected chi connectivity index (χ3v) is 3.05. The predicted molar refractivity (Wildman–Crippen MR) is 71.1 cm³/mol.